The molecule has 0 unspecified atom stereocenters. The SMILES string of the molecule is Cc1ccccc1NCCNc1ccc(C(=O)NCCCNC(=O)C2CCOCC2)cc1NC(=O)c1coc(C2CC2)n1. The maximum atomic E-state index is 13.1. The molecule has 1 aromatic heterocycles. The van der Waals surface area contributed by atoms with Crippen molar-refractivity contribution >= 4 is 34.8 Å². The van der Waals surface area contributed by atoms with E-state index in [2.05, 4.69) is 44.6 Å². The van der Waals surface area contributed by atoms with Gasteiger partial charge in [-0.05, 0) is 68.9 Å². The van der Waals surface area contributed by atoms with Gasteiger partial charge in [0.25, 0.3) is 11.8 Å². The van der Waals surface area contributed by atoms with Gasteiger partial charge < -0.3 is 35.7 Å². The van der Waals surface area contributed by atoms with Gasteiger partial charge in [-0.1, -0.05) is 18.2 Å². The van der Waals surface area contributed by atoms with Crippen molar-refractivity contribution in [1.29, 1.82) is 0 Å². The quantitative estimate of drug-likeness (QED) is 0.175. The van der Waals surface area contributed by atoms with Crippen molar-refractivity contribution in [3.05, 3.63) is 71.4 Å². The summed E-state index contributed by atoms with van der Waals surface area (Å²) < 4.78 is 10.8. The van der Waals surface area contributed by atoms with Crippen LogP contribution >= 0.6 is 0 Å². The third-order valence-corrected chi connectivity index (χ3v) is 7.64. The fourth-order valence-corrected chi connectivity index (χ4v) is 4.91. The molecule has 228 valence electrons. The molecule has 2 heterocycles. The first-order valence-corrected chi connectivity index (χ1v) is 15.1. The number of hydrogen-bond acceptors (Lipinski definition) is 8. The minimum atomic E-state index is -0.408. The number of nitrogens with zero attached hydrogens (tertiary/aromatic N) is 1. The number of para-hydroxylation sites is 1. The lowest BCUT2D eigenvalue weighted by Gasteiger charge is -2.21. The number of carbonyl (C=O) groups excluding carboxylic acids is 3. The summed E-state index contributed by atoms with van der Waals surface area (Å²) in [6.07, 6.45) is 5.51. The van der Waals surface area contributed by atoms with Crippen LogP contribution in [-0.4, -0.2) is 62.1 Å². The van der Waals surface area contributed by atoms with Crippen molar-refractivity contribution in [3.63, 3.8) is 0 Å². The van der Waals surface area contributed by atoms with Crippen LogP contribution in [0.2, 0.25) is 0 Å². The number of benzene rings is 2. The van der Waals surface area contributed by atoms with Gasteiger partial charge in [0.1, 0.15) is 6.26 Å². The number of ether oxygens (including phenoxy) is 1. The molecule has 5 rings (SSSR count). The average Bonchev–Trinajstić information content (AvgIpc) is 3.76. The normalized spacial score (nSPS) is 15.0. The predicted molar refractivity (Wildman–Crippen MR) is 165 cm³/mol. The Bertz CT molecular complexity index is 1410. The first-order valence-electron chi connectivity index (χ1n) is 15.1. The highest BCUT2D eigenvalue weighted by atomic mass is 16.5. The highest BCUT2D eigenvalue weighted by Crippen LogP contribution is 2.39. The van der Waals surface area contributed by atoms with Gasteiger partial charge in [0.05, 0.1) is 11.4 Å². The van der Waals surface area contributed by atoms with Crippen molar-refractivity contribution in [2.24, 2.45) is 5.92 Å². The summed E-state index contributed by atoms with van der Waals surface area (Å²) in [5.74, 6) is 0.249. The number of amides is 3. The third-order valence-electron chi connectivity index (χ3n) is 7.64. The molecule has 1 aliphatic heterocycles. The van der Waals surface area contributed by atoms with Gasteiger partial charge in [0, 0.05) is 62.5 Å². The first kappa shape index (κ1) is 30.1. The highest BCUT2D eigenvalue weighted by molar-refractivity contribution is 6.06. The number of aromatic nitrogens is 1. The second kappa shape index (κ2) is 14.7. The minimum Gasteiger partial charge on any atom is -0.448 e. The van der Waals surface area contributed by atoms with E-state index in [9.17, 15) is 14.4 Å². The molecule has 0 spiro atoms. The molecular weight excluding hydrogens is 548 g/mol. The zero-order chi connectivity index (χ0) is 30.0. The monoisotopic (exact) mass is 588 g/mol. The lowest BCUT2D eigenvalue weighted by Crippen LogP contribution is -2.36. The van der Waals surface area contributed by atoms with E-state index in [0.29, 0.717) is 74.6 Å². The van der Waals surface area contributed by atoms with E-state index in [4.69, 9.17) is 9.15 Å². The molecule has 3 amide bonds. The molecule has 2 fully saturated rings. The van der Waals surface area contributed by atoms with Crippen molar-refractivity contribution in [3.8, 4) is 0 Å². The molecule has 1 saturated carbocycles. The minimum absolute atomic E-state index is 0.000113. The summed E-state index contributed by atoms with van der Waals surface area (Å²) in [6, 6.07) is 13.2. The number of anilines is 3. The van der Waals surface area contributed by atoms with Gasteiger partial charge in [0.2, 0.25) is 5.91 Å². The van der Waals surface area contributed by atoms with Crippen LogP contribution in [0.4, 0.5) is 17.1 Å². The summed E-state index contributed by atoms with van der Waals surface area (Å²) >= 11 is 0. The van der Waals surface area contributed by atoms with Gasteiger partial charge in [-0.25, -0.2) is 4.98 Å². The zero-order valence-electron chi connectivity index (χ0n) is 24.5. The van der Waals surface area contributed by atoms with Gasteiger partial charge in [-0.2, -0.15) is 0 Å². The molecule has 3 aromatic rings. The van der Waals surface area contributed by atoms with Crippen LogP contribution in [0.15, 0.2) is 53.1 Å². The van der Waals surface area contributed by atoms with Gasteiger partial charge in [0.15, 0.2) is 11.6 Å². The van der Waals surface area contributed by atoms with E-state index in [1.807, 2.05) is 18.2 Å². The van der Waals surface area contributed by atoms with E-state index >= 15 is 0 Å². The second-order valence-electron chi connectivity index (χ2n) is 11.0. The maximum absolute atomic E-state index is 13.1. The maximum Gasteiger partial charge on any atom is 0.277 e. The molecule has 0 bridgehead atoms. The van der Waals surface area contributed by atoms with Crippen LogP contribution in [0, 0.1) is 12.8 Å². The number of carbonyl (C=O) groups is 3. The number of hydrogen-bond donors (Lipinski definition) is 5. The smallest absolute Gasteiger partial charge is 0.277 e. The van der Waals surface area contributed by atoms with Gasteiger partial charge in [-0.15, -0.1) is 0 Å². The Morgan fingerprint density at radius 1 is 0.837 bits per heavy atom. The molecule has 1 aliphatic carbocycles. The summed E-state index contributed by atoms with van der Waals surface area (Å²) in [6.45, 7) is 5.41. The van der Waals surface area contributed by atoms with E-state index in [1.54, 1.807) is 18.2 Å². The Labute approximate surface area is 251 Å². The molecule has 43 heavy (non-hydrogen) atoms. The standard InChI is InChI=1S/C32H40N6O5/c1-21-5-2-3-6-25(21)33-15-16-34-26-10-9-24(19-27(26)37-31(41)28-20-43-32(38-28)23-7-8-23)30(40)36-14-4-13-35-29(39)22-11-17-42-18-12-22/h2-3,5-6,9-10,19-20,22-23,33-34H,4,7-8,11-18H2,1H3,(H,35,39)(H,36,40)(H,37,41). The predicted octanol–water partition coefficient (Wildman–Crippen LogP) is 4.30. The highest BCUT2D eigenvalue weighted by Gasteiger charge is 2.29. The molecule has 11 heteroatoms. The third kappa shape index (κ3) is 8.57. The Balaban J connectivity index is 1.17. The summed E-state index contributed by atoms with van der Waals surface area (Å²) in [5.41, 5.74) is 3.97. The van der Waals surface area contributed by atoms with Crippen LogP contribution in [0.1, 0.15) is 70.3 Å². The van der Waals surface area contributed by atoms with Crippen LogP contribution < -0.4 is 26.6 Å². The number of rotatable bonds is 14. The number of aryl methyl sites for hydroxylation is 1. The van der Waals surface area contributed by atoms with E-state index in [-0.39, 0.29) is 23.4 Å². The van der Waals surface area contributed by atoms with Crippen molar-refractivity contribution in [2.45, 2.75) is 44.9 Å². The summed E-state index contributed by atoms with van der Waals surface area (Å²) in [7, 11) is 0. The topological polar surface area (TPSA) is 147 Å². The van der Waals surface area contributed by atoms with Gasteiger partial charge >= 0.3 is 0 Å². The van der Waals surface area contributed by atoms with Crippen molar-refractivity contribution in [1.82, 2.24) is 15.6 Å². The molecule has 5 N–H and O–H groups in total. The van der Waals surface area contributed by atoms with E-state index in [1.165, 1.54) is 6.26 Å². The first-order chi connectivity index (χ1) is 21.0. The van der Waals surface area contributed by atoms with Crippen LogP contribution in [0.5, 0.6) is 0 Å². The fourth-order valence-electron chi connectivity index (χ4n) is 4.91. The summed E-state index contributed by atoms with van der Waals surface area (Å²) in [5, 5.41) is 15.5. The lowest BCUT2D eigenvalue weighted by atomic mass is 9.99. The molecule has 1 saturated heterocycles. The van der Waals surface area contributed by atoms with Crippen molar-refractivity contribution in [2.75, 3.05) is 55.3 Å². The van der Waals surface area contributed by atoms with E-state index in [0.717, 1.165) is 36.9 Å². The molecule has 0 atom stereocenters. The van der Waals surface area contributed by atoms with Crippen LogP contribution in [0.25, 0.3) is 0 Å². The Kier molecular flexibility index (Phi) is 10.3. The van der Waals surface area contributed by atoms with Gasteiger partial charge in [-0.3, -0.25) is 14.4 Å². The largest absolute Gasteiger partial charge is 0.448 e. The zero-order valence-corrected chi connectivity index (χ0v) is 24.5. The van der Waals surface area contributed by atoms with Crippen LogP contribution in [-0.2, 0) is 9.53 Å². The Hall–Kier alpha value is -4.38. The molecule has 11 nitrogen and oxygen atoms in total. The summed E-state index contributed by atoms with van der Waals surface area (Å²) in [4.78, 5) is 42.6. The number of oxazole rings is 1. The molecular formula is C32H40N6O5. The average molecular weight is 589 g/mol. The fraction of sp³-hybridized carbons (Fsp3) is 0.438. The van der Waals surface area contributed by atoms with Crippen LogP contribution in [0.3, 0.4) is 0 Å². The molecule has 0 radical (unpaired) electrons. The number of nitrogens with one attached hydrogen (secondary N) is 5. The Morgan fingerprint density at radius 3 is 2.35 bits per heavy atom. The Morgan fingerprint density at radius 2 is 1.58 bits per heavy atom. The lowest BCUT2D eigenvalue weighted by molar-refractivity contribution is -0.127. The molecule has 2 aromatic carbocycles. The van der Waals surface area contributed by atoms with Crippen molar-refractivity contribution < 1.29 is 23.5 Å². The van der Waals surface area contributed by atoms with E-state index < -0.39 is 5.91 Å². The molecule has 2 aliphatic rings. The second-order valence-corrected chi connectivity index (χ2v) is 11.0.